The lowest BCUT2D eigenvalue weighted by Gasteiger charge is -2.21. The number of aliphatic hydroxyl groups is 1. The average molecular weight is 462 g/mol. The Kier molecular flexibility index (Phi) is 7.33. The minimum atomic E-state index is -4.43. The van der Waals surface area contributed by atoms with E-state index in [-0.39, 0.29) is 17.4 Å². The van der Waals surface area contributed by atoms with Crippen LogP contribution in [0.2, 0.25) is 0 Å². The fourth-order valence-corrected chi connectivity index (χ4v) is 4.16. The van der Waals surface area contributed by atoms with E-state index in [2.05, 4.69) is 11.4 Å². The molecule has 0 radical (unpaired) electrons. The first kappa shape index (κ1) is 25.3. The lowest BCUT2D eigenvalue weighted by Crippen LogP contribution is -2.35. The molecule has 0 aliphatic carbocycles. The monoisotopic (exact) mass is 461 g/mol. The van der Waals surface area contributed by atoms with Crippen molar-refractivity contribution in [1.29, 1.82) is 5.26 Å². The molecular formula is C23H28FN3O4S. The molecule has 2 aromatic rings. The van der Waals surface area contributed by atoms with Crippen LogP contribution in [-0.4, -0.2) is 19.6 Å². The van der Waals surface area contributed by atoms with E-state index in [1.165, 1.54) is 13.8 Å². The summed E-state index contributed by atoms with van der Waals surface area (Å²) in [5.74, 6) is -0.961. The fraction of sp³-hybridized carbons (Fsp3) is 0.391. The number of sulfonamides is 1. The number of nitrogens with one attached hydrogen (secondary N) is 2. The van der Waals surface area contributed by atoms with Crippen LogP contribution in [-0.2, 0) is 15.6 Å². The molecule has 0 aliphatic heterocycles. The molecule has 9 heteroatoms. The van der Waals surface area contributed by atoms with Gasteiger partial charge in [-0.3, -0.25) is 0 Å². The predicted molar refractivity (Wildman–Crippen MR) is 120 cm³/mol. The van der Waals surface area contributed by atoms with Crippen molar-refractivity contribution in [3.63, 3.8) is 0 Å². The molecule has 172 valence electrons. The van der Waals surface area contributed by atoms with Crippen LogP contribution in [0.1, 0.15) is 75.6 Å². The molecule has 0 unspecified atom stereocenters. The van der Waals surface area contributed by atoms with Crippen LogP contribution in [0.3, 0.4) is 0 Å². The number of carbonyl (C=O) groups excluding carboxylic acids is 1. The van der Waals surface area contributed by atoms with Crippen LogP contribution in [0.25, 0.3) is 0 Å². The highest BCUT2D eigenvalue weighted by molar-refractivity contribution is 7.90. The fourth-order valence-electron chi connectivity index (χ4n) is 3.20. The second-order valence-corrected chi connectivity index (χ2v) is 10.4. The quantitative estimate of drug-likeness (QED) is 0.577. The largest absolute Gasteiger partial charge is 0.386 e. The maximum Gasteiger partial charge on any atom is 0.333 e. The van der Waals surface area contributed by atoms with E-state index in [1.807, 2.05) is 32.4 Å². The highest BCUT2D eigenvalue weighted by Gasteiger charge is 2.25. The third-order valence-electron chi connectivity index (χ3n) is 4.93. The number of hydrogen-bond acceptors (Lipinski definition) is 5. The van der Waals surface area contributed by atoms with Gasteiger partial charge in [-0.2, -0.15) is 5.26 Å². The summed E-state index contributed by atoms with van der Waals surface area (Å²) in [6.07, 6.45) is 0. The number of hydrogen-bond donors (Lipinski definition) is 3. The van der Waals surface area contributed by atoms with Gasteiger partial charge in [0.2, 0.25) is 0 Å². The molecule has 3 N–H and O–H groups in total. The normalized spacial score (nSPS) is 12.0. The van der Waals surface area contributed by atoms with E-state index in [0.717, 1.165) is 18.2 Å². The Morgan fingerprint density at radius 1 is 1.06 bits per heavy atom. The Labute approximate surface area is 188 Å². The summed E-state index contributed by atoms with van der Waals surface area (Å²) in [6, 6.07) is 7.30. The van der Waals surface area contributed by atoms with Gasteiger partial charge in [-0.1, -0.05) is 27.7 Å². The van der Waals surface area contributed by atoms with E-state index in [1.54, 1.807) is 12.1 Å². The van der Waals surface area contributed by atoms with Gasteiger partial charge in [0, 0.05) is 5.69 Å². The molecule has 2 aromatic carbocycles. The van der Waals surface area contributed by atoms with Crippen molar-refractivity contribution in [2.75, 3.05) is 5.32 Å². The lowest BCUT2D eigenvalue weighted by atomic mass is 9.90. The molecule has 0 heterocycles. The van der Waals surface area contributed by atoms with Gasteiger partial charge in [0.1, 0.15) is 5.82 Å². The van der Waals surface area contributed by atoms with E-state index in [0.29, 0.717) is 22.4 Å². The molecule has 0 spiro atoms. The van der Waals surface area contributed by atoms with Gasteiger partial charge < -0.3 is 10.4 Å². The second-order valence-electron chi connectivity index (χ2n) is 8.75. The average Bonchev–Trinajstić information content (AvgIpc) is 2.65. The zero-order valence-corrected chi connectivity index (χ0v) is 19.8. The molecule has 7 nitrogen and oxygen atoms in total. The Morgan fingerprint density at radius 3 is 2.03 bits per heavy atom. The molecule has 0 aromatic heterocycles. The highest BCUT2D eigenvalue weighted by Crippen LogP contribution is 2.34. The third kappa shape index (κ3) is 5.84. The van der Waals surface area contributed by atoms with Crippen LogP contribution in [0, 0.1) is 17.1 Å². The number of benzene rings is 2. The number of nitrogens with zero attached hydrogens (tertiary/aromatic N) is 1. The van der Waals surface area contributed by atoms with Crippen LogP contribution >= 0.6 is 0 Å². The summed E-state index contributed by atoms with van der Waals surface area (Å²) in [5, 5.41) is 22.0. The number of urea groups is 1. The van der Waals surface area contributed by atoms with Crippen molar-refractivity contribution in [3.05, 3.63) is 58.4 Å². The molecular weight excluding hydrogens is 433 g/mol. The number of carbonyl (C=O) groups is 1. The van der Waals surface area contributed by atoms with Crippen molar-refractivity contribution in [2.24, 2.45) is 0 Å². The van der Waals surface area contributed by atoms with E-state index in [9.17, 15) is 28.0 Å². The molecule has 0 bridgehead atoms. The minimum Gasteiger partial charge on any atom is -0.386 e. The van der Waals surface area contributed by atoms with Gasteiger partial charge in [0.05, 0.1) is 22.1 Å². The Bertz CT molecular complexity index is 1150. The maximum absolute atomic E-state index is 14.0. The molecule has 2 amide bonds. The summed E-state index contributed by atoms with van der Waals surface area (Å²) in [5.41, 5.74) is 0.823. The van der Waals surface area contributed by atoms with Gasteiger partial charge in [-0.25, -0.2) is 22.3 Å². The number of nitriles is 1. The second kappa shape index (κ2) is 9.27. The summed E-state index contributed by atoms with van der Waals surface area (Å²) in [7, 11) is -4.43. The number of anilines is 1. The summed E-state index contributed by atoms with van der Waals surface area (Å²) in [6.45, 7) is 10.4. The molecule has 0 saturated heterocycles. The molecule has 0 fully saturated rings. The Balaban J connectivity index is 2.43. The van der Waals surface area contributed by atoms with Crippen molar-refractivity contribution >= 4 is 21.7 Å². The first-order valence-corrected chi connectivity index (χ1v) is 11.6. The van der Waals surface area contributed by atoms with Gasteiger partial charge in [0.15, 0.2) is 0 Å². The molecule has 2 rings (SSSR count). The minimum absolute atomic E-state index is 0.0505. The van der Waals surface area contributed by atoms with Crippen molar-refractivity contribution in [3.8, 4) is 6.07 Å². The van der Waals surface area contributed by atoms with E-state index in [4.69, 9.17) is 0 Å². The first-order valence-electron chi connectivity index (χ1n) is 10.1. The van der Waals surface area contributed by atoms with Crippen LogP contribution in [0.15, 0.2) is 35.2 Å². The smallest absolute Gasteiger partial charge is 0.333 e. The van der Waals surface area contributed by atoms with Crippen molar-refractivity contribution < 1.29 is 22.7 Å². The zero-order valence-electron chi connectivity index (χ0n) is 18.9. The van der Waals surface area contributed by atoms with E-state index < -0.39 is 32.4 Å². The summed E-state index contributed by atoms with van der Waals surface area (Å²) < 4.78 is 41.4. The zero-order chi connectivity index (χ0) is 24.4. The van der Waals surface area contributed by atoms with Crippen molar-refractivity contribution in [2.45, 2.75) is 63.9 Å². The molecule has 32 heavy (non-hydrogen) atoms. The van der Waals surface area contributed by atoms with Crippen molar-refractivity contribution in [1.82, 2.24) is 4.72 Å². The molecule has 0 atom stereocenters. The third-order valence-corrected chi connectivity index (χ3v) is 6.24. The summed E-state index contributed by atoms with van der Waals surface area (Å²) in [4.78, 5) is 12.2. The van der Waals surface area contributed by atoms with Gasteiger partial charge in [0.25, 0.3) is 10.0 Å². The number of rotatable bonds is 6. The maximum atomic E-state index is 14.0. The van der Waals surface area contributed by atoms with Crippen LogP contribution in [0.4, 0.5) is 14.9 Å². The topological polar surface area (TPSA) is 119 Å². The van der Waals surface area contributed by atoms with Gasteiger partial charge in [-0.05, 0) is 72.7 Å². The highest BCUT2D eigenvalue weighted by atomic mass is 32.2. The van der Waals surface area contributed by atoms with Crippen LogP contribution < -0.4 is 10.0 Å². The SMILES string of the molecule is CC(C)c1cc(C#N)cc(C(C)C)c1NC(=O)NS(=O)(=O)c1cc(F)cc(C(C)(C)O)c1. The van der Waals surface area contributed by atoms with Crippen LogP contribution in [0.5, 0.6) is 0 Å². The number of amides is 2. The Morgan fingerprint density at radius 2 is 1.59 bits per heavy atom. The molecule has 0 saturated carbocycles. The molecule has 0 aliphatic rings. The predicted octanol–water partition coefficient (Wildman–Crippen LogP) is 4.68. The number of halogens is 1. The van der Waals surface area contributed by atoms with Gasteiger partial charge >= 0.3 is 6.03 Å². The standard InChI is InChI=1S/C23H28FN3O4S/c1-13(2)19-7-15(12-25)8-20(14(3)4)21(19)26-22(28)27-32(30,31)18-10-16(23(5,6)29)9-17(24)11-18/h7-11,13-14,29H,1-6H3,(H2,26,27,28). The lowest BCUT2D eigenvalue weighted by molar-refractivity contribution is 0.0780. The Hall–Kier alpha value is -2.96. The first-order chi connectivity index (χ1) is 14.7. The summed E-state index contributed by atoms with van der Waals surface area (Å²) >= 11 is 0. The van der Waals surface area contributed by atoms with Gasteiger partial charge in [-0.15, -0.1) is 0 Å². The van der Waals surface area contributed by atoms with E-state index >= 15 is 0 Å².